The zero-order chi connectivity index (χ0) is 12.5. The summed E-state index contributed by atoms with van der Waals surface area (Å²) in [7, 11) is 0. The van der Waals surface area contributed by atoms with Crippen molar-refractivity contribution in [1.82, 2.24) is 4.98 Å². The maximum absolute atomic E-state index is 12.2. The Hall–Kier alpha value is -1.71. The molecule has 0 saturated heterocycles. The van der Waals surface area contributed by atoms with E-state index in [9.17, 15) is 4.79 Å². The summed E-state index contributed by atoms with van der Waals surface area (Å²) in [6.45, 7) is 0. The van der Waals surface area contributed by atoms with E-state index in [1.54, 1.807) is 18.3 Å². The van der Waals surface area contributed by atoms with Crippen LogP contribution in [0.1, 0.15) is 15.2 Å². The van der Waals surface area contributed by atoms with Crippen molar-refractivity contribution in [3.05, 3.63) is 63.4 Å². The number of aromatic nitrogens is 1. The lowest BCUT2D eigenvalue weighted by atomic mass is 10.1. The van der Waals surface area contributed by atoms with Crippen LogP contribution in [0.2, 0.25) is 4.34 Å². The Bertz CT molecular complexity index is 735. The molecule has 18 heavy (non-hydrogen) atoms. The van der Waals surface area contributed by atoms with E-state index in [0.29, 0.717) is 14.8 Å². The van der Waals surface area contributed by atoms with E-state index in [1.807, 2.05) is 30.3 Å². The van der Waals surface area contributed by atoms with E-state index in [1.165, 1.54) is 11.3 Å². The first-order chi connectivity index (χ1) is 8.74. The summed E-state index contributed by atoms with van der Waals surface area (Å²) in [5.41, 5.74) is 1.48. The van der Waals surface area contributed by atoms with Gasteiger partial charge in [-0.15, -0.1) is 11.3 Å². The first kappa shape index (κ1) is 11.4. The zero-order valence-electron chi connectivity index (χ0n) is 9.26. The molecule has 4 heteroatoms. The molecule has 0 atom stereocenters. The van der Waals surface area contributed by atoms with E-state index >= 15 is 0 Å². The normalized spacial score (nSPS) is 10.7. The van der Waals surface area contributed by atoms with Gasteiger partial charge in [0.2, 0.25) is 5.78 Å². The number of carbonyl (C=O) groups is 1. The second-order valence-electron chi connectivity index (χ2n) is 3.85. The zero-order valence-corrected chi connectivity index (χ0v) is 10.8. The Balaban J connectivity index is 2.06. The van der Waals surface area contributed by atoms with E-state index in [4.69, 9.17) is 11.6 Å². The van der Waals surface area contributed by atoms with Crippen LogP contribution in [-0.2, 0) is 0 Å². The van der Waals surface area contributed by atoms with Crippen LogP contribution in [0.4, 0.5) is 0 Å². The van der Waals surface area contributed by atoms with Gasteiger partial charge in [-0.1, -0.05) is 29.8 Å². The van der Waals surface area contributed by atoms with Gasteiger partial charge in [0.15, 0.2) is 0 Å². The average molecular weight is 274 g/mol. The number of pyridine rings is 1. The molecule has 0 amide bonds. The molecule has 0 aliphatic heterocycles. The molecule has 0 N–H and O–H groups in total. The Morgan fingerprint density at radius 2 is 2.00 bits per heavy atom. The third kappa shape index (κ3) is 2.03. The number of thiophene rings is 1. The van der Waals surface area contributed by atoms with Gasteiger partial charge in [-0.2, -0.15) is 0 Å². The van der Waals surface area contributed by atoms with Crippen LogP contribution in [0, 0.1) is 0 Å². The van der Waals surface area contributed by atoms with Crippen molar-refractivity contribution in [2.45, 2.75) is 0 Å². The van der Waals surface area contributed by atoms with Crippen molar-refractivity contribution in [1.29, 1.82) is 0 Å². The van der Waals surface area contributed by atoms with Gasteiger partial charge in [-0.25, -0.2) is 0 Å². The van der Waals surface area contributed by atoms with Gasteiger partial charge < -0.3 is 0 Å². The molecule has 0 bridgehead atoms. The second kappa shape index (κ2) is 4.52. The molecule has 2 heterocycles. The van der Waals surface area contributed by atoms with Crippen molar-refractivity contribution < 1.29 is 4.79 Å². The lowest BCUT2D eigenvalue weighted by Crippen LogP contribution is -1.99. The Labute approximate surface area is 113 Å². The van der Waals surface area contributed by atoms with Crippen molar-refractivity contribution in [2.75, 3.05) is 0 Å². The highest BCUT2D eigenvalue weighted by molar-refractivity contribution is 7.18. The SMILES string of the molecule is O=C(c1cnc2ccccc2c1)c1ccc(Cl)s1. The number of carbonyl (C=O) groups excluding carboxylic acids is 1. The topological polar surface area (TPSA) is 30.0 Å². The van der Waals surface area contributed by atoms with Crippen LogP contribution in [-0.4, -0.2) is 10.8 Å². The maximum atomic E-state index is 12.2. The number of hydrogen-bond acceptors (Lipinski definition) is 3. The highest BCUT2D eigenvalue weighted by atomic mass is 35.5. The van der Waals surface area contributed by atoms with Crippen molar-refractivity contribution in [2.24, 2.45) is 0 Å². The van der Waals surface area contributed by atoms with E-state index in [-0.39, 0.29) is 5.78 Å². The Morgan fingerprint density at radius 1 is 1.17 bits per heavy atom. The molecular formula is C14H8ClNOS. The van der Waals surface area contributed by atoms with Gasteiger partial charge in [0.1, 0.15) is 0 Å². The summed E-state index contributed by atoms with van der Waals surface area (Å²) in [5.74, 6) is -0.0369. The first-order valence-corrected chi connectivity index (χ1v) is 6.58. The number of hydrogen-bond donors (Lipinski definition) is 0. The number of rotatable bonds is 2. The molecule has 0 spiro atoms. The molecule has 0 unspecified atom stereocenters. The molecule has 0 saturated carbocycles. The second-order valence-corrected chi connectivity index (χ2v) is 5.56. The molecule has 3 rings (SSSR count). The third-order valence-electron chi connectivity index (χ3n) is 2.65. The van der Waals surface area contributed by atoms with Gasteiger partial charge in [0.25, 0.3) is 0 Å². The lowest BCUT2D eigenvalue weighted by molar-refractivity contribution is 0.104. The van der Waals surface area contributed by atoms with E-state index < -0.39 is 0 Å². The average Bonchev–Trinajstić information content (AvgIpc) is 2.84. The fraction of sp³-hybridized carbons (Fsp3) is 0. The fourth-order valence-electron chi connectivity index (χ4n) is 1.77. The fourth-order valence-corrected chi connectivity index (χ4v) is 2.78. The van der Waals surface area contributed by atoms with E-state index in [2.05, 4.69) is 4.98 Å². The van der Waals surface area contributed by atoms with Crippen LogP contribution in [0.5, 0.6) is 0 Å². The van der Waals surface area contributed by atoms with Crippen LogP contribution >= 0.6 is 22.9 Å². The van der Waals surface area contributed by atoms with Crippen LogP contribution in [0.25, 0.3) is 10.9 Å². The number of halogens is 1. The van der Waals surface area contributed by atoms with Gasteiger partial charge >= 0.3 is 0 Å². The summed E-state index contributed by atoms with van der Waals surface area (Å²) in [6.07, 6.45) is 1.61. The van der Waals surface area contributed by atoms with Crippen LogP contribution in [0.3, 0.4) is 0 Å². The molecule has 88 valence electrons. The predicted molar refractivity (Wildman–Crippen MR) is 74.5 cm³/mol. The Morgan fingerprint density at radius 3 is 2.78 bits per heavy atom. The quantitative estimate of drug-likeness (QED) is 0.656. The minimum atomic E-state index is -0.0369. The smallest absolute Gasteiger partial charge is 0.204 e. The van der Waals surface area contributed by atoms with Crippen molar-refractivity contribution >= 4 is 39.6 Å². The van der Waals surface area contributed by atoms with Gasteiger partial charge in [0, 0.05) is 17.1 Å². The molecule has 0 aliphatic rings. The molecule has 2 nitrogen and oxygen atoms in total. The van der Waals surface area contributed by atoms with Gasteiger partial charge in [-0.3, -0.25) is 9.78 Å². The highest BCUT2D eigenvalue weighted by Gasteiger charge is 2.12. The summed E-state index contributed by atoms with van der Waals surface area (Å²) in [4.78, 5) is 17.1. The molecule has 0 radical (unpaired) electrons. The number of ketones is 1. The number of nitrogens with zero attached hydrogens (tertiary/aromatic N) is 1. The molecule has 2 aromatic heterocycles. The largest absolute Gasteiger partial charge is 0.288 e. The summed E-state index contributed by atoms with van der Waals surface area (Å²) < 4.78 is 0.618. The summed E-state index contributed by atoms with van der Waals surface area (Å²) in [5, 5.41) is 0.964. The molecule has 0 aliphatic carbocycles. The number of fused-ring (bicyclic) bond motifs is 1. The predicted octanol–water partition coefficient (Wildman–Crippen LogP) is 4.18. The minimum Gasteiger partial charge on any atom is -0.288 e. The van der Waals surface area contributed by atoms with E-state index in [0.717, 1.165) is 10.9 Å². The number of benzene rings is 1. The standard InChI is InChI=1S/C14H8ClNOS/c15-13-6-5-12(18-13)14(17)10-7-9-3-1-2-4-11(9)16-8-10/h1-8H. The van der Waals surface area contributed by atoms with Gasteiger partial charge in [0.05, 0.1) is 14.7 Å². The van der Waals surface area contributed by atoms with Crippen molar-refractivity contribution in [3.63, 3.8) is 0 Å². The highest BCUT2D eigenvalue weighted by Crippen LogP contribution is 2.24. The summed E-state index contributed by atoms with van der Waals surface area (Å²) >= 11 is 7.12. The summed E-state index contributed by atoms with van der Waals surface area (Å²) in [6, 6.07) is 13.1. The van der Waals surface area contributed by atoms with Crippen LogP contribution in [0.15, 0.2) is 48.7 Å². The molecule has 0 fully saturated rings. The lowest BCUT2D eigenvalue weighted by Gasteiger charge is -2.00. The third-order valence-corrected chi connectivity index (χ3v) is 3.88. The minimum absolute atomic E-state index is 0.0369. The monoisotopic (exact) mass is 273 g/mol. The van der Waals surface area contributed by atoms with Crippen molar-refractivity contribution in [3.8, 4) is 0 Å². The van der Waals surface area contributed by atoms with Gasteiger partial charge in [-0.05, 0) is 24.3 Å². The maximum Gasteiger partial charge on any atom is 0.204 e. The molecular weight excluding hydrogens is 266 g/mol. The number of para-hydroxylation sites is 1. The Kier molecular flexibility index (Phi) is 2.86. The van der Waals surface area contributed by atoms with Crippen LogP contribution < -0.4 is 0 Å². The first-order valence-electron chi connectivity index (χ1n) is 5.39. The molecule has 1 aromatic carbocycles. The molecule has 3 aromatic rings.